The van der Waals surface area contributed by atoms with Crippen molar-refractivity contribution < 1.29 is 9.53 Å². The Hall–Kier alpha value is -0.670. The van der Waals surface area contributed by atoms with Gasteiger partial charge in [-0.1, -0.05) is 0 Å². The molecule has 1 aliphatic heterocycles. The Labute approximate surface area is 81.5 Å². The lowest BCUT2D eigenvalue weighted by Gasteiger charge is -2.02. The third-order valence-electron chi connectivity index (χ3n) is 2.28. The van der Waals surface area contributed by atoms with Crippen molar-refractivity contribution in [2.24, 2.45) is 5.92 Å². The summed E-state index contributed by atoms with van der Waals surface area (Å²) in [5, 5.41) is 0. The summed E-state index contributed by atoms with van der Waals surface area (Å²) in [6, 6.07) is 3.91. The summed E-state index contributed by atoms with van der Waals surface area (Å²) in [7, 11) is 0. The molecule has 70 valence electrons. The normalized spacial score (nSPS) is 22.1. The van der Waals surface area contributed by atoms with E-state index in [-0.39, 0.29) is 11.7 Å². The van der Waals surface area contributed by atoms with Gasteiger partial charge in [0.2, 0.25) is 0 Å². The number of carbonyl (C=O) groups is 1. The van der Waals surface area contributed by atoms with Gasteiger partial charge in [-0.25, -0.2) is 0 Å². The molecule has 1 aromatic heterocycles. The van der Waals surface area contributed by atoms with Crippen molar-refractivity contribution in [2.75, 3.05) is 13.2 Å². The molecule has 0 aromatic carbocycles. The van der Waals surface area contributed by atoms with Crippen LogP contribution in [0, 0.1) is 12.8 Å². The summed E-state index contributed by atoms with van der Waals surface area (Å²) < 4.78 is 5.19. The molecule has 1 saturated heterocycles. The number of hydrogen-bond acceptors (Lipinski definition) is 3. The average molecular weight is 196 g/mol. The van der Waals surface area contributed by atoms with E-state index in [2.05, 4.69) is 0 Å². The Bertz CT molecular complexity index is 310. The highest BCUT2D eigenvalue weighted by molar-refractivity contribution is 7.14. The van der Waals surface area contributed by atoms with Crippen LogP contribution < -0.4 is 0 Å². The molecule has 0 N–H and O–H groups in total. The molecule has 0 aliphatic carbocycles. The monoisotopic (exact) mass is 196 g/mol. The number of ether oxygens (including phenoxy) is 1. The number of Topliss-reactive ketones (excluding diaryl/α,β-unsaturated/α-hetero) is 1. The summed E-state index contributed by atoms with van der Waals surface area (Å²) >= 11 is 1.58. The van der Waals surface area contributed by atoms with E-state index in [9.17, 15) is 4.79 Å². The minimum atomic E-state index is 0.109. The van der Waals surface area contributed by atoms with E-state index in [4.69, 9.17) is 4.74 Å². The molecule has 0 bridgehead atoms. The van der Waals surface area contributed by atoms with E-state index in [1.165, 1.54) is 4.88 Å². The first-order chi connectivity index (χ1) is 6.27. The van der Waals surface area contributed by atoms with Crippen LogP contribution in [0.2, 0.25) is 0 Å². The van der Waals surface area contributed by atoms with Crippen molar-refractivity contribution in [1.82, 2.24) is 0 Å². The summed E-state index contributed by atoms with van der Waals surface area (Å²) in [6.07, 6.45) is 0.885. The second-order valence-electron chi connectivity index (χ2n) is 3.34. The van der Waals surface area contributed by atoms with Gasteiger partial charge in [0.25, 0.3) is 0 Å². The van der Waals surface area contributed by atoms with Crippen LogP contribution in [0.25, 0.3) is 0 Å². The van der Waals surface area contributed by atoms with E-state index in [0.717, 1.165) is 17.9 Å². The molecule has 2 heterocycles. The van der Waals surface area contributed by atoms with Gasteiger partial charge in [-0.15, -0.1) is 11.3 Å². The van der Waals surface area contributed by atoms with Gasteiger partial charge < -0.3 is 4.74 Å². The maximum absolute atomic E-state index is 11.8. The van der Waals surface area contributed by atoms with Crippen LogP contribution in [0.5, 0.6) is 0 Å². The van der Waals surface area contributed by atoms with Gasteiger partial charge in [0, 0.05) is 17.4 Å². The average Bonchev–Trinajstić information content (AvgIpc) is 2.72. The fourth-order valence-electron chi connectivity index (χ4n) is 1.51. The molecule has 13 heavy (non-hydrogen) atoms. The van der Waals surface area contributed by atoms with E-state index in [0.29, 0.717) is 6.61 Å². The molecule has 0 spiro atoms. The SMILES string of the molecule is Cc1ccc(C(=O)C2CCOC2)s1. The maximum Gasteiger partial charge on any atom is 0.178 e. The summed E-state index contributed by atoms with van der Waals surface area (Å²) in [5.74, 6) is 0.369. The zero-order chi connectivity index (χ0) is 9.26. The van der Waals surface area contributed by atoms with Crippen LogP contribution in [0.3, 0.4) is 0 Å². The van der Waals surface area contributed by atoms with Gasteiger partial charge in [0.1, 0.15) is 0 Å². The largest absolute Gasteiger partial charge is 0.381 e. The molecular formula is C10H12O2S. The molecule has 1 aromatic rings. The van der Waals surface area contributed by atoms with Crippen LogP contribution >= 0.6 is 11.3 Å². The molecule has 0 saturated carbocycles. The molecule has 1 unspecified atom stereocenters. The highest BCUT2D eigenvalue weighted by Gasteiger charge is 2.25. The van der Waals surface area contributed by atoms with Crippen molar-refractivity contribution in [3.8, 4) is 0 Å². The zero-order valence-electron chi connectivity index (χ0n) is 7.58. The van der Waals surface area contributed by atoms with Crippen molar-refractivity contribution >= 4 is 17.1 Å². The Morgan fingerprint density at radius 1 is 1.62 bits per heavy atom. The molecule has 2 nitrogen and oxygen atoms in total. The smallest absolute Gasteiger partial charge is 0.178 e. The fraction of sp³-hybridized carbons (Fsp3) is 0.500. The summed E-state index contributed by atoms with van der Waals surface area (Å²) in [5.41, 5.74) is 0. The molecular weight excluding hydrogens is 184 g/mol. The molecule has 2 rings (SSSR count). The molecule has 1 atom stereocenters. The van der Waals surface area contributed by atoms with Crippen molar-refractivity contribution in [2.45, 2.75) is 13.3 Å². The van der Waals surface area contributed by atoms with Gasteiger partial charge >= 0.3 is 0 Å². The van der Waals surface area contributed by atoms with E-state index >= 15 is 0 Å². The van der Waals surface area contributed by atoms with Crippen LogP contribution in [0.15, 0.2) is 12.1 Å². The Morgan fingerprint density at radius 3 is 3.00 bits per heavy atom. The Morgan fingerprint density at radius 2 is 2.46 bits per heavy atom. The van der Waals surface area contributed by atoms with Crippen LogP contribution in [0.4, 0.5) is 0 Å². The van der Waals surface area contributed by atoms with Crippen molar-refractivity contribution in [3.63, 3.8) is 0 Å². The molecule has 1 fully saturated rings. The second kappa shape index (κ2) is 3.60. The molecule has 1 aliphatic rings. The summed E-state index contributed by atoms with van der Waals surface area (Å²) in [4.78, 5) is 13.9. The van der Waals surface area contributed by atoms with Gasteiger partial charge in [-0.2, -0.15) is 0 Å². The highest BCUT2D eigenvalue weighted by atomic mass is 32.1. The quantitative estimate of drug-likeness (QED) is 0.678. The first-order valence-corrected chi connectivity index (χ1v) is 5.27. The summed E-state index contributed by atoms with van der Waals surface area (Å²) in [6.45, 7) is 3.36. The predicted molar refractivity (Wildman–Crippen MR) is 52.3 cm³/mol. The third-order valence-corrected chi connectivity index (χ3v) is 3.30. The molecule has 0 radical (unpaired) electrons. The first-order valence-electron chi connectivity index (χ1n) is 4.46. The Kier molecular flexibility index (Phi) is 2.47. The second-order valence-corrected chi connectivity index (χ2v) is 4.62. The first kappa shape index (κ1) is 8.91. The third kappa shape index (κ3) is 1.81. The predicted octanol–water partition coefficient (Wildman–Crippen LogP) is 2.28. The number of hydrogen-bond donors (Lipinski definition) is 0. The molecule has 0 amide bonds. The number of rotatable bonds is 2. The lowest BCUT2D eigenvalue weighted by Crippen LogP contribution is -2.12. The maximum atomic E-state index is 11.8. The highest BCUT2D eigenvalue weighted by Crippen LogP contribution is 2.23. The van der Waals surface area contributed by atoms with Gasteiger partial charge in [-0.3, -0.25) is 4.79 Å². The number of carbonyl (C=O) groups excluding carboxylic acids is 1. The van der Waals surface area contributed by atoms with E-state index in [1.54, 1.807) is 11.3 Å². The molecule has 3 heteroatoms. The topological polar surface area (TPSA) is 26.3 Å². The van der Waals surface area contributed by atoms with Gasteiger partial charge in [0.15, 0.2) is 5.78 Å². The van der Waals surface area contributed by atoms with Crippen molar-refractivity contribution in [3.05, 3.63) is 21.9 Å². The minimum Gasteiger partial charge on any atom is -0.381 e. The number of aryl methyl sites for hydroxylation is 1. The van der Waals surface area contributed by atoms with Crippen LogP contribution in [-0.4, -0.2) is 19.0 Å². The van der Waals surface area contributed by atoms with E-state index in [1.807, 2.05) is 19.1 Å². The Balaban J connectivity index is 2.12. The van der Waals surface area contributed by atoms with Gasteiger partial charge in [0.05, 0.1) is 11.5 Å². The van der Waals surface area contributed by atoms with Crippen LogP contribution in [0.1, 0.15) is 21.0 Å². The lowest BCUT2D eigenvalue weighted by atomic mass is 10.0. The van der Waals surface area contributed by atoms with E-state index < -0.39 is 0 Å². The standard InChI is InChI=1S/C10H12O2S/c1-7-2-3-9(13-7)10(11)8-4-5-12-6-8/h2-3,8H,4-6H2,1H3. The number of ketones is 1. The van der Waals surface area contributed by atoms with Crippen molar-refractivity contribution in [1.29, 1.82) is 0 Å². The zero-order valence-corrected chi connectivity index (χ0v) is 8.39. The van der Waals surface area contributed by atoms with Gasteiger partial charge in [-0.05, 0) is 25.5 Å². The minimum absolute atomic E-state index is 0.109. The number of thiophene rings is 1. The fourth-order valence-corrected chi connectivity index (χ4v) is 2.40. The van der Waals surface area contributed by atoms with Crippen LogP contribution in [-0.2, 0) is 4.74 Å². The lowest BCUT2D eigenvalue weighted by molar-refractivity contribution is 0.0904.